The Balaban J connectivity index is 2.07. The highest BCUT2D eigenvalue weighted by Crippen LogP contribution is 2.25. The smallest absolute Gasteiger partial charge is 0.328 e. The molecule has 0 aliphatic rings. The van der Waals surface area contributed by atoms with Gasteiger partial charge in [0, 0.05) is 24.0 Å². The molecule has 0 saturated carbocycles. The van der Waals surface area contributed by atoms with Crippen molar-refractivity contribution >= 4 is 12.0 Å². The molecule has 6 nitrogen and oxygen atoms in total. The molecule has 0 aliphatic carbocycles. The summed E-state index contributed by atoms with van der Waals surface area (Å²) in [6.45, 7) is 1.12. The van der Waals surface area contributed by atoms with Gasteiger partial charge in [0.15, 0.2) is 0 Å². The Bertz CT molecular complexity index is 621. The van der Waals surface area contributed by atoms with Crippen LogP contribution in [0, 0.1) is 0 Å². The maximum atomic E-state index is 10.6. The molecule has 0 bridgehead atoms. The molecule has 1 N–H and O–H groups in total. The van der Waals surface area contributed by atoms with E-state index in [2.05, 4.69) is 4.98 Å². The number of hydrogen-bond acceptors (Lipinski definition) is 4. The average Bonchev–Trinajstić information content (AvgIpc) is 2.99. The van der Waals surface area contributed by atoms with Gasteiger partial charge in [-0.1, -0.05) is 0 Å². The molecule has 21 heavy (non-hydrogen) atoms. The van der Waals surface area contributed by atoms with Crippen LogP contribution < -0.4 is 9.47 Å². The van der Waals surface area contributed by atoms with Gasteiger partial charge < -0.3 is 19.1 Å². The van der Waals surface area contributed by atoms with E-state index < -0.39 is 5.97 Å². The van der Waals surface area contributed by atoms with Gasteiger partial charge in [-0.05, 0) is 24.3 Å². The van der Waals surface area contributed by atoms with Crippen molar-refractivity contribution in [2.75, 3.05) is 13.7 Å². The average molecular weight is 288 g/mol. The first-order valence-corrected chi connectivity index (χ1v) is 6.36. The Hall–Kier alpha value is -2.76. The Labute approximate surface area is 122 Å². The summed E-state index contributed by atoms with van der Waals surface area (Å²) in [4.78, 5) is 14.6. The van der Waals surface area contributed by atoms with Crippen LogP contribution in [0.15, 0.2) is 43.0 Å². The lowest BCUT2D eigenvalue weighted by Gasteiger charge is -2.11. The van der Waals surface area contributed by atoms with E-state index in [1.54, 1.807) is 37.8 Å². The molecule has 0 fully saturated rings. The predicted molar refractivity (Wildman–Crippen MR) is 77.4 cm³/mol. The fraction of sp³-hybridized carbons (Fsp3) is 0.200. The van der Waals surface area contributed by atoms with Gasteiger partial charge in [0.25, 0.3) is 0 Å². The summed E-state index contributed by atoms with van der Waals surface area (Å²) in [5.74, 6) is 0.234. The minimum Gasteiger partial charge on any atom is -0.497 e. The van der Waals surface area contributed by atoms with Crippen LogP contribution in [0.4, 0.5) is 0 Å². The quantitative estimate of drug-likeness (QED) is 0.789. The molecule has 0 amide bonds. The van der Waals surface area contributed by atoms with Crippen molar-refractivity contribution in [1.29, 1.82) is 0 Å². The molecule has 0 atom stereocenters. The summed E-state index contributed by atoms with van der Waals surface area (Å²) >= 11 is 0. The number of aromatic nitrogens is 2. The van der Waals surface area contributed by atoms with Gasteiger partial charge in [0.2, 0.25) is 0 Å². The lowest BCUT2D eigenvalue weighted by Crippen LogP contribution is -2.07. The number of carboxylic acid groups (broad SMARTS) is 1. The number of ether oxygens (including phenoxy) is 2. The van der Waals surface area contributed by atoms with Crippen LogP contribution >= 0.6 is 0 Å². The monoisotopic (exact) mass is 288 g/mol. The van der Waals surface area contributed by atoms with Crippen LogP contribution in [-0.4, -0.2) is 34.3 Å². The Morgan fingerprint density at radius 1 is 1.48 bits per heavy atom. The molecule has 0 spiro atoms. The molecule has 2 aromatic rings. The highest BCUT2D eigenvalue weighted by Gasteiger charge is 2.04. The van der Waals surface area contributed by atoms with E-state index in [0.717, 1.165) is 6.08 Å². The van der Waals surface area contributed by atoms with Crippen LogP contribution in [0.5, 0.6) is 11.5 Å². The summed E-state index contributed by atoms with van der Waals surface area (Å²) in [6.07, 6.45) is 7.81. The van der Waals surface area contributed by atoms with Gasteiger partial charge in [0.05, 0.1) is 20.0 Å². The van der Waals surface area contributed by atoms with Crippen molar-refractivity contribution in [3.05, 3.63) is 48.6 Å². The van der Waals surface area contributed by atoms with Crippen molar-refractivity contribution < 1.29 is 19.4 Å². The van der Waals surface area contributed by atoms with E-state index in [9.17, 15) is 4.79 Å². The fourth-order valence-electron chi connectivity index (χ4n) is 1.76. The van der Waals surface area contributed by atoms with Gasteiger partial charge in [-0.15, -0.1) is 0 Å². The zero-order chi connectivity index (χ0) is 15.1. The molecular formula is C15H16N2O4. The minimum atomic E-state index is -1.01. The number of imidazole rings is 1. The number of carbonyl (C=O) groups is 1. The second kappa shape index (κ2) is 7.14. The van der Waals surface area contributed by atoms with E-state index in [0.29, 0.717) is 30.2 Å². The Morgan fingerprint density at radius 2 is 2.33 bits per heavy atom. The number of carboxylic acids is 1. The number of nitrogens with zero attached hydrogens (tertiary/aromatic N) is 2. The third-order valence-electron chi connectivity index (χ3n) is 2.79. The second-order valence-electron chi connectivity index (χ2n) is 4.22. The molecule has 1 aromatic heterocycles. The summed E-state index contributed by atoms with van der Waals surface area (Å²) in [6, 6.07) is 5.25. The van der Waals surface area contributed by atoms with Gasteiger partial charge in [-0.25, -0.2) is 9.78 Å². The minimum absolute atomic E-state index is 0.455. The SMILES string of the molecule is COc1ccc(OCCn2ccnc2)c(/C=C/C(=O)O)c1. The topological polar surface area (TPSA) is 73.6 Å². The third-order valence-corrected chi connectivity index (χ3v) is 2.79. The largest absolute Gasteiger partial charge is 0.497 e. The third kappa shape index (κ3) is 4.38. The normalized spacial score (nSPS) is 10.7. The molecule has 110 valence electrons. The number of benzene rings is 1. The number of hydrogen-bond donors (Lipinski definition) is 1. The maximum Gasteiger partial charge on any atom is 0.328 e. The first kappa shape index (κ1) is 14.6. The second-order valence-corrected chi connectivity index (χ2v) is 4.22. The van der Waals surface area contributed by atoms with Crippen molar-refractivity contribution in [2.45, 2.75) is 6.54 Å². The Kier molecular flexibility index (Phi) is 4.98. The molecule has 6 heteroatoms. The summed E-state index contributed by atoms with van der Waals surface area (Å²) in [5, 5.41) is 8.72. The van der Waals surface area contributed by atoms with Gasteiger partial charge in [-0.3, -0.25) is 0 Å². The van der Waals surface area contributed by atoms with Gasteiger partial charge >= 0.3 is 5.97 Å². The fourth-order valence-corrected chi connectivity index (χ4v) is 1.76. The summed E-state index contributed by atoms with van der Waals surface area (Å²) < 4.78 is 12.7. The van der Waals surface area contributed by atoms with Gasteiger partial charge in [-0.2, -0.15) is 0 Å². The van der Waals surface area contributed by atoms with E-state index in [1.807, 2.05) is 10.8 Å². The van der Waals surface area contributed by atoms with Crippen LogP contribution in [0.2, 0.25) is 0 Å². The van der Waals surface area contributed by atoms with E-state index >= 15 is 0 Å². The van der Waals surface area contributed by atoms with Crippen molar-refractivity contribution in [1.82, 2.24) is 9.55 Å². The molecule has 0 radical (unpaired) electrons. The first-order valence-electron chi connectivity index (χ1n) is 6.36. The molecule has 0 unspecified atom stereocenters. The molecule has 0 saturated heterocycles. The van der Waals surface area contributed by atoms with Crippen LogP contribution in [0.3, 0.4) is 0 Å². The van der Waals surface area contributed by atoms with Crippen LogP contribution in [-0.2, 0) is 11.3 Å². The van der Waals surface area contributed by atoms with Crippen LogP contribution in [0.1, 0.15) is 5.56 Å². The molecule has 1 heterocycles. The molecule has 2 rings (SSSR count). The Morgan fingerprint density at radius 3 is 3.00 bits per heavy atom. The highest BCUT2D eigenvalue weighted by atomic mass is 16.5. The zero-order valence-corrected chi connectivity index (χ0v) is 11.6. The summed E-state index contributed by atoms with van der Waals surface area (Å²) in [5.41, 5.74) is 0.655. The predicted octanol–water partition coefficient (Wildman–Crippen LogP) is 2.07. The van der Waals surface area contributed by atoms with Crippen molar-refractivity contribution in [3.8, 4) is 11.5 Å². The molecular weight excluding hydrogens is 272 g/mol. The van der Waals surface area contributed by atoms with Crippen LogP contribution in [0.25, 0.3) is 6.08 Å². The number of methoxy groups -OCH3 is 1. The summed E-state index contributed by atoms with van der Waals surface area (Å²) in [7, 11) is 1.56. The zero-order valence-electron chi connectivity index (χ0n) is 11.6. The van der Waals surface area contributed by atoms with Gasteiger partial charge in [0.1, 0.15) is 18.1 Å². The van der Waals surface area contributed by atoms with Crippen molar-refractivity contribution in [3.63, 3.8) is 0 Å². The molecule has 0 aliphatic heterocycles. The van der Waals surface area contributed by atoms with E-state index in [-0.39, 0.29) is 0 Å². The first-order chi connectivity index (χ1) is 10.2. The number of aliphatic carboxylic acids is 1. The lowest BCUT2D eigenvalue weighted by molar-refractivity contribution is -0.131. The number of rotatable bonds is 7. The van der Waals surface area contributed by atoms with Crippen molar-refractivity contribution in [2.24, 2.45) is 0 Å². The van der Waals surface area contributed by atoms with E-state index in [1.165, 1.54) is 6.08 Å². The standard InChI is InChI=1S/C15H16N2O4/c1-20-13-3-4-14(12(10-13)2-5-15(18)19)21-9-8-17-7-6-16-11-17/h2-7,10-11H,8-9H2,1H3,(H,18,19)/b5-2+. The molecule has 1 aromatic carbocycles. The maximum absolute atomic E-state index is 10.6. The highest BCUT2D eigenvalue weighted by molar-refractivity contribution is 5.86. The van der Waals surface area contributed by atoms with E-state index in [4.69, 9.17) is 14.6 Å². The lowest BCUT2D eigenvalue weighted by atomic mass is 10.1.